The number of hydrogen-bond donors (Lipinski definition) is 2. The number of anilines is 3. The maximum absolute atomic E-state index is 12.5. The number of carbonyl (C=O) groups excluding carboxylic acids is 1. The zero-order valence-electron chi connectivity index (χ0n) is 14.6. The molecule has 26 heavy (non-hydrogen) atoms. The molecule has 2 N–H and O–H groups in total. The topological polar surface area (TPSA) is 98.5 Å². The lowest BCUT2D eigenvalue weighted by Gasteiger charge is -2.11. The molecule has 0 fully saturated rings. The molecule has 2 aromatic heterocycles. The summed E-state index contributed by atoms with van der Waals surface area (Å²) < 4.78 is 15.4. The molecule has 0 saturated heterocycles. The third kappa shape index (κ3) is 3.92. The Kier molecular flexibility index (Phi) is 5.02. The number of nitrogens with one attached hydrogen (secondary N) is 2. The quantitative estimate of drug-likeness (QED) is 0.700. The first-order chi connectivity index (χ1) is 12.6. The van der Waals surface area contributed by atoms with Crippen LogP contribution in [0.25, 0.3) is 0 Å². The normalized spacial score (nSPS) is 10.3. The number of aryl methyl sites for hydroxylation is 1. The predicted molar refractivity (Wildman–Crippen MR) is 96.3 cm³/mol. The molecule has 1 amide bonds. The molecule has 8 nitrogen and oxygen atoms in total. The number of methoxy groups -OCH3 is 2. The largest absolute Gasteiger partial charge is 0.493 e. The molecule has 8 heteroatoms. The number of carbonyl (C=O) groups is 1. The van der Waals surface area contributed by atoms with Crippen molar-refractivity contribution in [1.82, 2.24) is 10.1 Å². The molecule has 2 heterocycles. The standard InChI is InChI=1S/C18H18N4O4/c1-11-6-17(22-26-11)20-14-7-12(9-19-10-14)18(23)21-13-4-5-15(24-2)16(8-13)25-3/h4-10H,1-3H3,(H,20,22)(H,21,23). The van der Waals surface area contributed by atoms with E-state index in [1.54, 1.807) is 50.6 Å². The van der Waals surface area contributed by atoms with Crippen molar-refractivity contribution in [3.8, 4) is 11.5 Å². The molecule has 0 bridgehead atoms. The Balaban J connectivity index is 1.74. The molecule has 0 aliphatic heterocycles. The molecule has 0 atom stereocenters. The van der Waals surface area contributed by atoms with Gasteiger partial charge in [-0.3, -0.25) is 9.78 Å². The molecule has 0 saturated carbocycles. The van der Waals surface area contributed by atoms with Crippen molar-refractivity contribution >= 4 is 23.1 Å². The van der Waals surface area contributed by atoms with Crippen LogP contribution in [0.4, 0.5) is 17.2 Å². The van der Waals surface area contributed by atoms with Gasteiger partial charge in [-0.05, 0) is 25.1 Å². The monoisotopic (exact) mass is 354 g/mol. The number of aromatic nitrogens is 2. The molecule has 0 unspecified atom stereocenters. The fourth-order valence-electron chi connectivity index (χ4n) is 2.32. The first-order valence-corrected chi connectivity index (χ1v) is 7.78. The lowest BCUT2D eigenvalue weighted by Crippen LogP contribution is -2.12. The summed E-state index contributed by atoms with van der Waals surface area (Å²) in [6.07, 6.45) is 3.08. The van der Waals surface area contributed by atoms with Crippen LogP contribution in [0.15, 0.2) is 47.2 Å². The summed E-state index contributed by atoms with van der Waals surface area (Å²) in [7, 11) is 3.09. The molecule has 0 radical (unpaired) electrons. The fraction of sp³-hybridized carbons (Fsp3) is 0.167. The van der Waals surface area contributed by atoms with Crippen LogP contribution in [-0.2, 0) is 0 Å². The van der Waals surface area contributed by atoms with E-state index in [2.05, 4.69) is 20.8 Å². The maximum atomic E-state index is 12.5. The molecule has 1 aromatic carbocycles. The number of benzene rings is 1. The lowest BCUT2D eigenvalue weighted by molar-refractivity contribution is 0.102. The Labute approximate surface area is 150 Å². The van der Waals surface area contributed by atoms with Gasteiger partial charge in [0.2, 0.25) is 0 Å². The minimum atomic E-state index is -0.301. The van der Waals surface area contributed by atoms with E-state index in [1.807, 2.05) is 0 Å². The van der Waals surface area contributed by atoms with Crippen molar-refractivity contribution in [3.05, 3.63) is 54.0 Å². The highest BCUT2D eigenvalue weighted by Crippen LogP contribution is 2.30. The number of rotatable bonds is 6. The zero-order valence-corrected chi connectivity index (χ0v) is 14.6. The van der Waals surface area contributed by atoms with Gasteiger partial charge in [0.25, 0.3) is 5.91 Å². The Hall–Kier alpha value is -3.55. The summed E-state index contributed by atoms with van der Waals surface area (Å²) in [5.74, 6) is 2.04. The average molecular weight is 354 g/mol. The van der Waals surface area contributed by atoms with Gasteiger partial charge in [0.15, 0.2) is 17.3 Å². The van der Waals surface area contributed by atoms with Crippen LogP contribution < -0.4 is 20.1 Å². The first-order valence-electron chi connectivity index (χ1n) is 7.78. The summed E-state index contributed by atoms with van der Waals surface area (Å²) in [5.41, 5.74) is 1.60. The Morgan fingerprint density at radius 3 is 2.54 bits per heavy atom. The minimum absolute atomic E-state index is 0.301. The van der Waals surface area contributed by atoms with Crippen LogP contribution in [0.2, 0.25) is 0 Å². The van der Waals surface area contributed by atoms with Gasteiger partial charge in [0.1, 0.15) is 5.76 Å². The lowest BCUT2D eigenvalue weighted by atomic mass is 10.2. The van der Waals surface area contributed by atoms with Gasteiger partial charge >= 0.3 is 0 Å². The van der Waals surface area contributed by atoms with Gasteiger partial charge in [-0.15, -0.1) is 0 Å². The van der Waals surface area contributed by atoms with Crippen molar-refractivity contribution in [2.75, 3.05) is 24.9 Å². The number of pyridine rings is 1. The molecule has 3 rings (SSSR count). The van der Waals surface area contributed by atoms with Gasteiger partial charge in [0, 0.05) is 24.0 Å². The first kappa shape index (κ1) is 17.3. The summed E-state index contributed by atoms with van der Waals surface area (Å²) in [6.45, 7) is 1.80. The fourth-order valence-corrected chi connectivity index (χ4v) is 2.32. The number of hydrogen-bond acceptors (Lipinski definition) is 7. The van der Waals surface area contributed by atoms with Crippen LogP contribution in [0.1, 0.15) is 16.1 Å². The Morgan fingerprint density at radius 1 is 1.04 bits per heavy atom. The van der Waals surface area contributed by atoms with E-state index in [-0.39, 0.29) is 5.91 Å². The average Bonchev–Trinajstić information content (AvgIpc) is 3.06. The molecular formula is C18H18N4O4. The summed E-state index contributed by atoms with van der Waals surface area (Å²) in [6, 6.07) is 8.55. The molecule has 134 valence electrons. The van der Waals surface area contributed by atoms with E-state index in [4.69, 9.17) is 14.0 Å². The van der Waals surface area contributed by atoms with Crippen molar-refractivity contribution < 1.29 is 18.8 Å². The van der Waals surface area contributed by atoms with E-state index < -0.39 is 0 Å². The Bertz CT molecular complexity index is 923. The van der Waals surface area contributed by atoms with Crippen molar-refractivity contribution in [1.29, 1.82) is 0 Å². The Morgan fingerprint density at radius 2 is 1.85 bits per heavy atom. The highest BCUT2D eigenvalue weighted by Gasteiger charge is 2.11. The van der Waals surface area contributed by atoms with E-state index in [0.717, 1.165) is 0 Å². The highest BCUT2D eigenvalue weighted by molar-refractivity contribution is 6.04. The molecule has 3 aromatic rings. The second-order valence-corrected chi connectivity index (χ2v) is 5.43. The van der Waals surface area contributed by atoms with Gasteiger partial charge in [-0.1, -0.05) is 5.16 Å². The summed E-state index contributed by atoms with van der Waals surface area (Å²) in [5, 5.41) is 9.68. The predicted octanol–water partition coefficient (Wildman–Crippen LogP) is 3.39. The second-order valence-electron chi connectivity index (χ2n) is 5.43. The number of nitrogens with zero attached hydrogens (tertiary/aromatic N) is 2. The molecule has 0 aliphatic carbocycles. The molecular weight excluding hydrogens is 336 g/mol. The zero-order chi connectivity index (χ0) is 18.5. The van der Waals surface area contributed by atoms with Crippen LogP contribution >= 0.6 is 0 Å². The summed E-state index contributed by atoms with van der Waals surface area (Å²) >= 11 is 0. The van der Waals surface area contributed by atoms with Crippen molar-refractivity contribution in [2.24, 2.45) is 0 Å². The van der Waals surface area contributed by atoms with Gasteiger partial charge < -0.3 is 24.6 Å². The van der Waals surface area contributed by atoms with E-state index in [9.17, 15) is 4.79 Å². The molecule has 0 aliphatic rings. The molecule has 0 spiro atoms. The number of amides is 1. The second kappa shape index (κ2) is 7.56. The van der Waals surface area contributed by atoms with Gasteiger partial charge in [0.05, 0.1) is 31.7 Å². The van der Waals surface area contributed by atoms with Gasteiger partial charge in [-0.2, -0.15) is 0 Å². The van der Waals surface area contributed by atoms with Crippen LogP contribution in [0.3, 0.4) is 0 Å². The van der Waals surface area contributed by atoms with E-state index >= 15 is 0 Å². The van der Waals surface area contributed by atoms with Crippen molar-refractivity contribution in [3.63, 3.8) is 0 Å². The van der Waals surface area contributed by atoms with Gasteiger partial charge in [-0.25, -0.2) is 0 Å². The number of ether oxygens (including phenoxy) is 2. The SMILES string of the molecule is COc1ccc(NC(=O)c2cncc(Nc3cc(C)on3)c2)cc1OC. The smallest absolute Gasteiger partial charge is 0.257 e. The third-order valence-corrected chi connectivity index (χ3v) is 3.54. The third-order valence-electron chi connectivity index (χ3n) is 3.54. The van der Waals surface area contributed by atoms with E-state index in [0.29, 0.717) is 40.0 Å². The van der Waals surface area contributed by atoms with Crippen molar-refractivity contribution in [2.45, 2.75) is 6.92 Å². The summed E-state index contributed by atoms with van der Waals surface area (Å²) in [4.78, 5) is 16.6. The maximum Gasteiger partial charge on any atom is 0.257 e. The van der Waals surface area contributed by atoms with Crippen LogP contribution in [0.5, 0.6) is 11.5 Å². The highest BCUT2D eigenvalue weighted by atomic mass is 16.5. The van der Waals surface area contributed by atoms with E-state index in [1.165, 1.54) is 13.3 Å². The minimum Gasteiger partial charge on any atom is -0.493 e. The van der Waals surface area contributed by atoms with Crippen LogP contribution in [0, 0.1) is 6.92 Å². The van der Waals surface area contributed by atoms with Crippen LogP contribution in [-0.4, -0.2) is 30.3 Å².